The van der Waals surface area contributed by atoms with Crippen LogP contribution >= 0.6 is 11.3 Å². The van der Waals surface area contributed by atoms with E-state index in [2.05, 4.69) is 41.1 Å². The molecular formula is C20H22N2O2S. The Morgan fingerprint density at radius 1 is 1.08 bits per heavy atom. The molecule has 1 aromatic heterocycles. The van der Waals surface area contributed by atoms with Gasteiger partial charge in [-0.1, -0.05) is 29.8 Å². The maximum atomic E-state index is 9.47. The van der Waals surface area contributed by atoms with Gasteiger partial charge in [0.2, 0.25) is 0 Å². The predicted molar refractivity (Wildman–Crippen MR) is 102 cm³/mol. The van der Waals surface area contributed by atoms with Crippen molar-refractivity contribution in [3.05, 3.63) is 64.3 Å². The molecule has 1 N–H and O–H groups in total. The van der Waals surface area contributed by atoms with Crippen LogP contribution in [0.5, 0.6) is 5.75 Å². The molecule has 5 heteroatoms. The smallest absolute Gasteiger partial charge is 0.190 e. The van der Waals surface area contributed by atoms with Gasteiger partial charge in [-0.15, -0.1) is 11.3 Å². The summed E-state index contributed by atoms with van der Waals surface area (Å²) in [4.78, 5) is 5.61. The van der Waals surface area contributed by atoms with Crippen molar-refractivity contribution in [2.45, 2.75) is 20.4 Å². The van der Waals surface area contributed by atoms with E-state index in [1.807, 2.05) is 31.2 Å². The van der Waals surface area contributed by atoms with Crippen LogP contribution in [0.3, 0.4) is 0 Å². The fourth-order valence-corrected chi connectivity index (χ4v) is 3.54. The highest BCUT2D eigenvalue weighted by Crippen LogP contribution is 2.22. The summed E-state index contributed by atoms with van der Waals surface area (Å²) in [5, 5.41) is 11.6. The van der Waals surface area contributed by atoms with Gasteiger partial charge in [0.05, 0.1) is 24.6 Å². The summed E-state index contributed by atoms with van der Waals surface area (Å²) >= 11 is 1.58. The summed E-state index contributed by atoms with van der Waals surface area (Å²) in [6, 6.07) is 16.1. The highest BCUT2D eigenvalue weighted by Gasteiger charge is 2.08. The molecule has 1 heterocycles. The van der Waals surface area contributed by atoms with Gasteiger partial charge in [-0.3, -0.25) is 0 Å². The Balaban J connectivity index is 1.99. The second-order valence-corrected chi connectivity index (χ2v) is 6.52. The lowest BCUT2D eigenvalue weighted by Crippen LogP contribution is -2.17. The molecule has 0 radical (unpaired) electrons. The SMILES string of the molecule is CCOc1ccc(N=c2scc(-c3ccc(C)cc3)n2CCO)cc1. The van der Waals surface area contributed by atoms with E-state index in [4.69, 9.17) is 9.73 Å². The van der Waals surface area contributed by atoms with Gasteiger partial charge >= 0.3 is 0 Å². The first-order chi connectivity index (χ1) is 12.2. The van der Waals surface area contributed by atoms with E-state index in [0.717, 1.165) is 27.5 Å². The third-order valence-electron chi connectivity index (χ3n) is 3.84. The average molecular weight is 354 g/mol. The quantitative estimate of drug-likeness (QED) is 0.723. The number of rotatable bonds is 6. The molecule has 0 fully saturated rings. The van der Waals surface area contributed by atoms with Crippen LogP contribution in [-0.4, -0.2) is 22.9 Å². The Kier molecular flexibility index (Phi) is 5.68. The Bertz CT molecular complexity index is 877. The molecule has 0 atom stereocenters. The van der Waals surface area contributed by atoms with Crippen molar-refractivity contribution in [1.82, 2.24) is 4.57 Å². The number of ether oxygens (including phenoxy) is 1. The molecule has 0 amide bonds. The van der Waals surface area contributed by atoms with Gasteiger partial charge in [0, 0.05) is 11.9 Å². The first-order valence-electron chi connectivity index (χ1n) is 8.35. The van der Waals surface area contributed by atoms with E-state index in [1.165, 1.54) is 5.56 Å². The fraction of sp³-hybridized carbons (Fsp3) is 0.250. The summed E-state index contributed by atoms with van der Waals surface area (Å²) in [6.45, 7) is 5.28. The summed E-state index contributed by atoms with van der Waals surface area (Å²) in [6.07, 6.45) is 0. The van der Waals surface area contributed by atoms with Crippen LogP contribution in [-0.2, 0) is 6.54 Å². The van der Waals surface area contributed by atoms with Gasteiger partial charge in [0.1, 0.15) is 5.75 Å². The zero-order valence-corrected chi connectivity index (χ0v) is 15.3. The van der Waals surface area contributed by atoms with Crippen LogP contribution in [0.2, 0.25) is 0 Å². The number of nitrogens with zero attached hydrogens (tertiary/aromatic N) is 2. The van der Waals surface area contributed by atoms with E-state index in [9.17, 15) is 5.11 Å². The number of hydrogen-bond acceptors (Lipinski definition) is 4. The van der Waals surface area contributed by atoms with Crippen LogP contribution in [0.15, 0.2) is 58.9 Å². The maximum absolute atomic E-state index is 9.47. The van der Waals surface area contributed by atoms with Crippen molar-refractivity contribution in [1.29, 1.82) is 0 Å². The maximum Gasteiger partial charge on any atom is 0.190 e. The largest absolute Gasteiger partial charge is 0.494 e. The number of hydrogen-bond donors (Lipinski definition) is 1. The monoisotopic (exact) mass is 354 g/mol. The second-order valence-electron chi connectivity index (χ2n) is 5.68. The molecule has 3 rings (SSSR count). The molecule has 130 valence electrons. The number of aliphatic hydroxyl groups excluding tert-OH is 1. The Labute approximate surface area is 151 Å². The minimum atomic E-state index is 0.0755. The van der Waals surface area contributed by atoms with E-state index in [1.54, 1.807) is 11.3 Å². The zero-order valence-electron chi connectivity index (χ0n) is 14.5. The topological polar surface area (TPSA) is 46.8 Å². The Hall–Kier alpha value is -2.37. The van der Waals surface area contributed by atoms with Gasteiger partial charge in [-0.05, 0) is 43.7 Å². The van der Waals surface area contributed by atoms with Crippen LogP contribution in [0.25, 0.3) is 11.3 Å². The van der Waals surface area contributed by atoms with Gasteiger partial charge in [0.25, 0.3) is 0 Å². The molecule has 2 aromatic carbocycles. The average Bonchev–Trinajstić information content (AvgIpc) is 3.01. The normalized spacial score (nSPS) is 11.7. The summed E-state index contributed by atoms with van der Waals surface area (Å²) in [5.74, 6) is 0.844. The number of benzene rings is 2. The molecule has 0 bridgehead atoms. The molecule has 3 aromatic rings. The molecule has 0 aliphatic rings. The van der Waals surface area contributed by atoms with Crippen LogP contribution in [0, 0.1) is 6.92 Å². The second kappa shape index (κ2) is 8.14. The first kappa shape index (κ1) is 17.5. The molecule has 0 saturated heterocycles. The minimum absolute atomic E-state index is 0.0755. The number of aliphatic hydroxyl groups is 1. The van der Waals surface area contributed by atoms with Gasteiger partial charge in [0.15, 0.2) is 4.80 Å². The Morgan fingerprint density at radius 3 is 2.44 bits per heavy atom. The number of thiazole rings is 1. The molecule has 0 unspecified atom stereocenters. The lowest BCUT2D eigenvalue weighted by Gasteiger charge is -2.08. The van der Waals surface area contributed by atoms with Crippen molar-refractivity contribution in [3.63, 3.8) is 0 Å². The summed E-state index contributed by atoms with van der Waals surface area (Å²) in [7, 11) is 0. The van der Waals surface area contributed by atoms with E-state index in [0.29, 0.717) is 13.2 Å². The fourth-order valence-electron chi connectivity index (χ4n) is 2.58. The molecule has 0 spiro atoms. The van der Waals surface area contributed by atoms with E-state index < -0.39 is 0 Å². The predicted octanol–water partition coefficient (Wildman–Crippen LogP) is 4.15. The number of aryl methyl sites for hydroxylation is 1. The third-order valence-corrected chi connectivity index (χ3v) is 4.70. The molecule has 25 heavy (non-hydrogen) atoms. The zero-order chi connectivity index (χ0) is 17.6. The van der Waals surface area contributed by atoms with Gasteiger partial charge in [-0.2, -0.15) is 0 Å². The molecule has 0 saturated carbocycles. The van der Waals surface area contributed by atoms with Crippen molar-refractivity contribution >= 4 is 17.0 Å². The van der Waals surface area contributed by atoms with Gasteiger partial charge < -0.3 is 14.4 Å². The molecular weight excluding hydrogens is 332 g/mol. The highest BCUT2D eigenvalue weighted by atomic mass is 32.1. The standard InChI is InChI=1S/C20H22N2O2S/c1-3-24-18-10-8-17(9-11-18)21-20-22(12-13-23)19(14-25-20)16-6-4-15(2)5-7-16/h4-11,14,23H,3,12-13H2,1-2H3. The van der Waals surface area contributed by atoms with Crippen molar-refractivity contribution in [3.8, 4) is 17.0 Å². The molecule has 0 aliphatic carbocycles. The Morgan fingerprint density at radius 2 is 1.80 bits per heavy atom. The summed E-state index contributed by atoms with van der Waals surface area (Å²) < 4.78 is 7.53. The van der Waals surface area contributed by atoms with Crippen LogP contribution in [0.4, 0.5) is 5.69 Å². The van der Waals surface area contributed by atoms with Crippen molar-refractivity contribution in [2.75, 3.05) is 13.2 Å². The number of aromatic nitrogens is 1. The molecule has 4 nitrogen and oxygen atoms in total. The van der Waals surface area contributed by atoms with Crippen LogP contribution < -0.4 is 9.54 Å². The van der Waals surface area contributed by atoms with Gasteiger partial charge in [-0.25, -0.2) is 4.99 Å². The van der Waals surface area contributed by atoms with Crippen LogP contribution in [0.1, 0.15) is 12.5 Å². The highest BCUT2D eigenvalue weighted by molar-refractivity contribution is 7.07. The van der Waals surface area contributed by atoms with E-state index >= 15 is 0 Å². The summed E-state index contributed by atoms with van der Waals surface area (Å²) in [5.41, 5.74) is 4.30. The van der Waals surface area contributed by atoms with Crippen molar-refractivity contribution < 1.29 is 9.84 Å². The molecule has 0 aliphatic heterocycles. The van der Waals surface area contributed by atoms with Crippen molar-refractivity contribution in [2.24, 2.45) is 4.99 Å². The lowest BCUT2D eigenvalue weighted by molar-refractivity contribution is 0.275. The third kappa shape index (κ3) is 4.18. The first-order valence-corrected chi connectivity index (χ1v) is 9.23. The van der Waals surface area contributed by atoms with E-state index in [-0.39, 0.29) is 6.61 Å². The minimum Gasteiger partial charge on any atom is -0.494 e. The lowest BCUT2D eigenvalue weighted by atomic mass is 10.1.